The van der Waals surface area contributed by atoms with Crippen LogP contribution in [0.15, 0.2) is 182 Å². The number of carbonyl (C=O) groups excluding carboxylic acids is 3. The fourth-order valence-electron chi connectivity index (χ4n) is 17.0. The number of likely N-dealkylation sites (N-methyl/N-ethyl adjacent to an activating group) is 3. The molecule has 0 radical (unpaired) electrons. The average molecular weight is 1810 g/mol. The van der Waals surface area contributed by atoms with Crippen LogP contribution in [0.1, 0.15) is 234 Å². The standard InChI is InChI=1S/C32H44N4O3.C29H38N4O2.C17H23N3.C11H15NO.C8H18ClNO.C8H16ClNO/c1-30(2,3)24-13-10-14-25(18-24)32(16-15-26-23(19-32)20-34-36-26)33-21-28(37)27(17-22-11-8-7-9-12-22)35-29(38)39-31(4,5)6;1-20(34)32-26(15-21-9-6-5-7-10-21)27(35)19-30-29(14-13-25-22(17-29)18-31-33-25)24-12-8-11-23(16-24)28(2,3)4;1-16(2,3)13-5-4-6-14(9-13)17(18)8-7-15-12(10-17)11-19-20-15;1-12-10(11-8-13-11)7-9-5-3-2-4-6-9;2*1-6(2)4-7(10-3)8(11)5-9/h7-14,18,20,27-28,33,37H,15-17,19,21H2,1-6H3,(H,34,36)(H,35,38);5-12,16,18,26-27,30,35H,13-15,17,19H2,1-4H3,(H,31,33)(H,32,34);4-6,9,11H,7-8,10,18H2,1-3H3,(H,19,20);2-6,10-12H,7-8H2,1H3;6-8,10-11H,4-5H2,1-3H3;6-7,10H,4-5H2,1-3H3/t27-,28+,32?;26-,27+,29?;;10-,11+;7-,8+;7-/m00.000/s1. The molecule has 13 rings (SSSR count). The van der Waals surface area contributed by atoms with Gasteiger partial charge in [-0.2, -0.15) is 15.3 Å². The number of halogens is 2. The third-order valence-corrected chi connectivity index (χ3v) is 25.5. The largest absolute Gasteiger partial charge is 0.444 e. The Morgan fingerprint density at radius 1 is 0.504 bits per heavy atom. The lowest BCUT2D eigenvalue weighted by Crippen LogP contribution is -2.54. The quantitative estimate of drug-likeness (QED) is 0.0142. The number of aliphatic hydroxyl groups excluding tert-OH is 3. The molecule has 3 aromatic heterocycles. The molecule has 1 saturated heterocycles. The summed E-state index contributed by atoms with van der Waals surface area (Å²) in [5.41, 5.74) is 23.7. The van der Waals surface area contributed by atoms with Gasteiger partial charge < -0.3 is 67.7 Å². The van der Waals surface area contributed by atoms with Crippen LogP contribution >= 0.6 is 23.2 Å². The second-order valence-corrected chi connectivity index (χ2v) is 41.1. The highest BCUT2D eigenvalue weighted by Gasteiger charge is 2.42. The summed E-state index contributed by atoms with van der Waals surface area (Å²) in [6.45, 7) is 37.1. The van der Waals surface area contributed by atoms with Gasteiger partial charge in [-0.1, -0.05) is 254 Å². The second kappa shape index (κ2) is 49.3. The summed E-state index contributed by atoms with van der Waals surface area (Å²) in [6, 6.07) is 56.4. The molecule has 0 bridgehead atoms. The zero-order valence-corrected chi connectivity index (χ0v) is 82.2. The van der Waals surface area contributed by atoms with Crippen LogP contribution in [-0.2, 0) is 110 Å². The number of hydrogen-bond acceptors (Lipinski definition) is 17. The highest BCUT2D eigenvalue weighted by Crippen LogP contribution is 2.41. The molecule has 12 atom stereocenters. The van der Waals surface area contributed by atoms with Gasteiger partial charge in [-0.25, -0.2) is 4.79 Å². The van der Waals surface area contributed by atoms with Crippen molar-refractivity contribution in [3.05, 3.63) is 266 Å². The van der Waals surface area contributed by atoms with Crippen molar-refractivity contribution in [3.63, 3.8) is 0 Å². The van der Waals surface area contributed by atoms with E-state index in [1.54, 1.807) is 7.05 Å². The zero-order valence-electron chi connectivity index (χ0n) is 80.7. The molecule has 3 unspecified atom stereocenters. The van der Waals surface area contributed by atoms with Crippen LogP contribution in [0.5, 0.6) is 0 Å². The van der Waals surface area contributed by atoms with Gasteiger partial charge >= 0.3 is 6.09 Å². The maximum Gasteiger partial charge on any atom is 0.407 e. The van der Waals surface area contributed by atoms with Gasteiger partial charge in [-0.05, 0) is 227 Å². The van der Waals surface area contributed by atoms with E-state index >= 15 is 0 Å². The van der Waals surface area contributed by atoms with Crippen molar-refractivity contribution in [2.24, 2.45) is 17.6 Å². The molecular weight excluding hydrogens is 1660 g/mol. The van der Waals surface area contributed by atoms with Crippen LogP contribution < -0.4 is 43.0 Å². The molecule has 6 aromatic carbocycles. The fraction of sp³-hybridized carbons (Fsp3) is 0.543. The first-order chi connectivity index (χ1) is 61.0. The normalized spacial score (nSPS) is 19.5. The third-order valence-electron chi connectivity index (χ3n) is 24.9. The Kier molecular flexibility index (Phi) is 40.5. The van der Waals surface area contributed by atoms with Gasteiger partial charge in [-0.3, -0.25) is 24.9 Å². The van der Waals surface area contributed by atoms with Crippen molar-refractivity contribution in [2.75, 3.05) is 52.6 Å². The van der Waals surface area contributed by atoms with Crippen LogP contribution in [0.4, 0.5) is 4.79 Å². The van der Waals surface area contributed by atoms with Crippen molar-refractivity contribution in [1.29, 1.82) is 0 Å². The molecule has 15 N–H and O–H groups in total. The zero-order chi connectivity index (χ0) is 94.5. The molecule has 9 aromatic rings. The number of fused-ring (bicyclic) bond motifs is 3. The van der Waals surface area contributed by atoms with Gasteiger partial charge in [0.05, 0.1) is 73.6 Å². The molecule has 0 saturated carbocycles. The van der Waals surface area contributed by atoms with Crippen molar-refractivity contribution in [2.45, 2.75) is 301 Å². The molecule has 4 heterocycles. The van der Waals surface area contributed by atoms with Crippen LogP contribution in [-0.4, -0.2) is 177 Å². The summed E-state index contributed by atoms with van der Waals surface area (Å²) in [5.74, 6) is 1.47. The smallest absolute Gasteiger partial charge is 0.407 e. The first-order valence-electron chi connectivity index (χ1n) is 46.4. The van der Waals surface area contributed by atoms with Crippen molar-refractivity contribution in [1.82, 2.24) is 67.8 Å². The molecule has 2 amide bonds. The second-order valence-electron chi connectivity index (χ2n) is 40.6. The minimum absolute atomic E-state index is 0.0182. The number of hydrogen-bond donors (Lipinski definition) is 14. The molecule has 1 aliphatic heterocycles. The number of alkyl carbamates (subject to hydrolysis) is 1. The number of aromatic amines is 3. The number of amides is 2. The highest BCUT2D eigenvalue weighted by atomic mass is 35.5. The lowest BCUT2D eigenvalue weighted by molar-refractivity contribution is -0.120. The van der Waals surface area contributed by atoms with E-state index < -0.39 is 36.0 Å². The average Bonchev–Trinajstić information content (AvgIpc) is 1.77. The van der Waals surface area contributed by atoms with Gasteiger partial charge in [0, 0.05) is 71.7 Å². The predicted octanol–water partition coefficient (Wildman–Crippen LogP) is 15.9. The number of aryl methyl sites for hydroxylation is 3. The van der Waals surface area contributed by atoms with Gasteiger partial charge in [0.2, 0.25) is 5.91 Å². The van der Waals surface area contributed by atoms with E-state index in [9.17, 15) is 29.7 Å². The number of epoxide rings is 1. The summed E-state index contributed by atoms with van der Waals surface area (Å²) in [6.07, 6.45) is 15.5. The Morgan fingerprint density at radius 3 is 1.26 bits per heavy atom. The molecular formula is C105H154Cl2N14O8. The minimum atomic E-state index is -0.842. The summed E-state index contributed by atoms with van der Waals surface area (Å²) in [5, 5.41) is 76.9. The topological polar surface area (TPSA) is 330 Å². The monoisotopic (exact) mass is 1810 g/mol. The number of rotatable bonds is 31. The number of ether oxygens (including phenoxy) is 2. The maximum absolute atomic E-state index is 12.7. The lowest BCUT2D eigenvalue weighted by atomic mass is 9.74. The maximum atomic E-state index is 12.7. The van der Waals surface area contributed by atoms with E-state index in [0.29, 0.717) is 55.8 Å². The number of alkyl halides is 2. The van der Waals surface area contributed by atoms with Crippen LogP contribution in [0.25, 0.3) is 0 Å². The molecule has 129 heavy (non-hydrogen) atoms. The van der Waals surface area contributed by atoms with E-state index in [4.69, 9.17) is 38.4 Å². The Balaban J connectivity index is 0.000000206. The summed E-state index contributed by atoms with van der Waals surface area (Å²) in [4.78, 5) is 35.7. The van der Waals surface area contributed by atoms with E-state index in [-0.39, 0.29) is 68.6 Å². The number of H-pyrrole nitrogens is 3. The Hall–Kier alpha value is -8.46. The van der Waals surface area contributed by atoms with Crippen LogP contribution in [0.3, 0.4) is 0 Å². The van der Waals surface area contributed by atoms with E-state index in [0.717, 1.165) is 94.8 Å². The Bertz CT molecular complexity index is 4820. The number of nitrogens with one attached hydrogen (secondary N) is 10. The molecule has 4 aliphatic rings. The molecule has 24 heteroatoms. The Labute approximate surface area is 780 Å². The van der Waals surface area contributed by atoms with E-state index in [2.05, 4.69) is 255 Å². The number of aliphatic hydroxyl groups is 3. The molecule has 3 aliphatic carbocycles. The minimum Gasteiger partial charge on any atom is -0.444 e. The first-order valence-corrected chi connectivity index (χ1v) is 47.4. The van der Waals surface area contributed by atoms with Gasteiger partial charge in [0.25, 0.3) is 0 Å². The van der Waals surface area contributed by atoms with Crippen molar-refractivity contribution < 1.29 is 39.2 Å². The lowest BCUT2D eigenvalue weighted by Gasteiger charge is -2.40. The number of aromatic nitrogens is 6. The van der Waals surface area contributed by atoms with Gasteiger partial charge in [-0.15, -0.1) is 23.2 Å². The summed E-state index contributed by atoms with van der Waals surface area (Å²) < 4.78 is 10.8. The number of carbonyl (C=O) groups is 3. The van der Waals surface area contributed by atoms with Crippen LogP contribution in [0, 0.1) is 11.8 Å². The Morgan fingerprint density at radius 2 is 0.899 bits per heavy atom. The predicted molar refractivity (Wildman–Crippen MR) is 525 cm³/mol. The highest BCUT2D eigenvalue weighted by molar-refractivity contribution is 6.28. The molecule has 0 spiro atoms. The van der Waals surface area contributed by atoms with E-state index in [1.807, 2.05) is 120 Å². The fourth-order valence-corrected chi connectivity index (χ4v) is 17.4. The van der Waals surface area contributed by atoms with Gasteiger partial charge in [0.1, 0.15) is 5.60 Å². The van der Waals surface area contributed by atoms with Crippen molar-refractivity contribution in [3.8, 4) is 0 Å². The number of benzene rings is 6. The SMILES string of the molecule is CC(=O)N[C@@H](Cc1ccccc1)[C@H](O)CNC1(c2cccc(C(C)(C)C)c2)CCc2[nH]ncc2C1.CC(C)(C)OC(=O)N[C@@H](Cc1ccccc1)[C@H](O)CNC1(c2cccc(C(C)(C)C)c2)CCc2[nH]ncc2C1.CC(C)(C)c1cccc(C2(N)CCc3[nH]ncc3C2)c1.CN[C@@H](CC(C)C)C(=O)CCl.CN[C@@H](CC(C)C)[C@H](O)CCl.CN[C@@H](Cc1ccccc1)[C@H]1CO1. The third kappa shape index (κ3) is 33.3. The van der Waals surface area contributed by atoms with Crippen molar-refractivity contribution >= 4 is 41.0 Å². The number of nitrogens with zero attached hydrogens (tertiary/aromatic N) is 3. The molecule has 1 fully saturated rings. The number of ketones is 1. The molecule has 22 nitrogen and oxygen atoms in total. The van der Waals surface area contributed by atoms with Crippen LogP contribution in [0.2, 0.25) is 0 Å². The number of nitrogens with two attached hydrogens (primary N) is 1. The number of Topliss-reactive ketones (excluding diaryl/α,β-unsaturated/α-hetero) is 1. The van der Waals surface area contributed by atoms with Gasteiger partial charge in [0.15, 0.2) is 5.78 Å². The first kappa shape index (κ1) is 106. The van der Waals surface area contributed by atoms with E-state index in [1.165, 1.54) is 79.6 Å². The molecule has 706 valence electrons. The summed E-state index contributed by atoms with van der Waals surface area (Å²) >= 11 is 10.9. The summed E-state index contributed by atoms with van der Waals surface area (Å²) in [7, 11) is 5.63.